The summed E-state index contributed by atoms with van der Waals surface area (Å²) in [4.78, 5) is 16.2. The largest absolute Gasteiger partial charge is 0.508 e. The van der Waals surface area contributed by atoms with Crippen LogP contribution in [0.15, 0.2) is 63.8 Å². The van der Waals surface area contributed by atoms with E-state index < -0.39 is 0 Å². The Labute approximate surface area is 182 Å². The van der Waals surface area contributed by atoms with E-state index in [1.165, 1.54) is 6.07 Å². The first-order chi connectivity index (χ1) is 15.5. The van der Waals surface area contributed by atoms with Crippen LogP contribution in [0.25, 0.3) is 32.8 Å². The number of fused-ring (bicyclic) bond motifs is 3. The third kappa shape index (κ3) is 3.43. The van der Waals surface area contributed by atoms with E-state index in [9.17, 15) is 15.0 Å². The normalized spacial score (nSPS) is 11.3. The maximum absolute atomic E-state index is 12.9. The first-order valence-corrected chi connectivity index (χ1v) is 10.2. The Bertz CT molecular complexity index is 1590. The standard InChI is InChI=1S/C25H19N3O4/c26-12-14-4-5-15-9-17(28-20(15)8-14)6-7-27-13-16-2-1-3-19-24(31)23-21(30)10-18(29)11-22(23)32-25(16)19/h1-5,8-11,27-30H,6-7,13H2. The molecule has 0 saturated heterocycles. The number of hydrogen-bond acceptors (Lipinski definition) is 6. The number of para-hydroxylation sites is 1. The van der Waals surface area contributed by atoms with Crippen molar-refractivity contribution in [2.75, 3.05) is 6.54 Å². The first kappa shape index (κ1) is 19.7. The molecule has 0 aliphatic carbocycles. The summed E-state index contributed by atoms with van der Waals surface area (Å²) in [5.74, 6) is -0.479. The lowest BCUT2D eigenvalue weighted by atomic mass is 10.1. The topological polar surface area (TPSA) is 122 Å². The number of aromatic hydroxyl groups is 2. The molecule has 0 aliphatic heterocycles. The van der Waals surface area contributed by atoms with Crippen molar-refractivity contribution in [3.8, 4) is 17.6 Å². The number of phenols is 2. The van der Waals surface area contributed by atoms with E-state index in [2.05, 4.69) is 22.4 Å². The summed E-state index contributed by atoms with van der Waals surface area (Å²) in [6, 6.07) is 17.6. The highest BCUT2D eigenvalue weighted by Crippen LogP contribution is 2.30. The van der Waals surface area contributed by atoms with Gasteiger partial charge in [0.1, 0.15) is 28.1 Å². The summed E-state index contributed by atoms with van der Waals surface area (Å²) in [5.41, 5.74) is 3.65. The zero-order chi connectivity index (χ0) is 22.2. The lowest BCUT2D eigenvalue weighted by Gasteiger charge is -2.09. The SMILES string of the molecule is N#Cc1ccc2cc(CCNCc3cccc4c(=O)c5c(O)cc(O)cc5oc34)[nH]c2c1. The van der Waals surface area contributed by atoms with Gasteiger partial charge in [0.2, 0.25) is 5.43 Å². The second kappa shape index (κ2) is 7.76. The van der Waals surface area contributed by atoms with E-state index in [1.807, 2.05) is 18.2 Å². The van der Waals surface area contributed by atoms with E-state index >= 15 is 0 Å². The second-order valence-corrected chi connectivity index (χ2v) is 7.70. The van der Waals surface area contributed by atoms with Crippen molar-refractivity contribution in [1.29, 1.82) is 5.26 Å². The maximum Gasteiger partial charge on any atom is 0.204 e. The number of nitrogens with one attached hydrogen (secondary N) is 2. The van der Waals surface area contributed by atoms with Crippen LogP contribution in [0.5, 0.6) is 11.5 Å². The van der Waals surface area contributed by atoms with Gasteiger partial charge in [-0.05, 0) is 36.1 Å². The van der Waals surface area contributed by atoms with Crippen molar-refractivity contribution in [2.45, 2.75) is 13.0 Å². The van der Waals surface area contributed by atoms with Crippen LogP contribution >= 0.6 is 0 Å². The quantitative estimate of drug-likeness (QED) is 0.249. The molecule has 3 aromatic carbocycles. The van der Waals surface area contributed by atoms with Gasteiger partial charge < -0.3 is 24.9 Å². The van der Waals surface area contributed by atoms with Crippen molar-refractivity contribution in [3.05, 3.63) is 81.6 Å². The molecule has 0 amide bonds. The van der Waals surface area contributed by atoms with Gasteiger partial charge in [-0.1, -0.05) is 18.2 Å². The molecule has 7 heteroatoms. The van der Waals surface area contributed by atoms with Crippen molar-refractivity contribution >= 4 is 32.8 Å². The molecule has 7 nitrogen and oxygen atoms in total. The van der Waals surface area contributed by atoms with Crippen LogP contribution in [0, 0.1) is 11.3 Å². The molecule has 0 bridgehead atoms. The van der Waals surface area contributed by atoms with E-state index in [4.69, 9.17) is 9.68 Å². The highest BCUT2D eigenvalue weighted by molar-refractivity contribution is 5.94. The Morgan fingerprint density at radius 2 is 1.97 bits per heavy atom. The monoisotopic (exact) mass is 425 g/mol. The number of aromatic nitrogens is 1. The average Bonchev–Trinajstić information content (AvgIpc) is 3.18. The molecule has 0 saturated carbocycles. The van der Waals surface area contributed by atoms with Crippen molar-refractivity contribution < 1.29 is 14.6 Å². The summed E-state index contributed by atoms with van der Waals surface area (Å²) < 4.78 is 5.90. The molecule has 2 heterocycles. The minimum atomic E-state index is -0.338. The van der Waals surface area contributed by atoms with Crippen LogP contribution in [0.4, 0.5) is 0 Å². The molecule has 5 aromatic rings. The van der Waals surface area contributed by atoms with E-state index in [-0.39, 0.29) is 27.9 Å². The van der Waals surface area contributed by atoms with Crippen LogP contribution in [0.2, 0.25) is 0 Å². The zero-order valence-electron chi connectivity index (χ0n) is 17.0. The second-order valence-electron chi connectivity index (χ2n) is 7.70. The smallest absolute Gasteiger partial charge is 0.204 e. The van der Waals surface area contributed by atoms with Gasteiger partial charge in [-0.15, -0.1) is 0 Å². The van der Waals surface area contributed by atoms with Crippen molar-refractivity contribution in [3.63, 3.8) is 0 Å². The predicted octanol–water partition coefficient (Wildman–Crippen LogP) is 4.04. The Morgan fingerprint density at radius 3 is 2.81 bits per heavy atom. The third-order valence-corrected chi connectivity index (χ3v) is 5.54. The molecule has 0 aliphatic rings. The third-order valence-electron chi connectivity index (χ3n) is 5.54. The van der Waals surface area contributed by atoms with Gasteiger partial charge in [0.15, 0.2) is 0 Å². The van der Waals surface area contributed by atoms with Crippen LogP contribution in [0.3, 0.4) is 0 Å². The van der Waals surface area contributed by atoms with Gasteiger partial charge >= 0.3 is 0 Å². The molecule has 0 fully saturated rings. The fourth-order valence-corrected chi connectivity index (χ4v) is 4.00. The lowest BCUT2D eigenvalue weighted by molar-refractivity contribution is 0.453. The van der Waals surface area contributed by atoms with Gasteiger partial charge in [-0.2, -0.15) is 5.26 Å². The van der Waals surface area contributed by atoms with Crippen LogP contribution in [-0.4, -0.2) is 21.7 Å². The fraction of sp³-hybridized carbons (Fsp3) is 0.120. The number of aromatic amines is 1. The molecule has 0 spiro atoms. The summed E-state index contributed by atoms with van der Waals surface area (Å²) in [7, 11) is 0. The van der Waals surface area contributed by atoms with Gasteiger partial charge in [-0.3, -0.25) is 4.79 Å². The number of nitriles is 1. The number of benzene rings is 3. The molecule has 4 N–H and O–H groups in total. The maximum atomic E-state index is 12.9. The predicted molar refractivity (Wildman–Crippen MR) is 122 cm³/mol. The summed E-state index contributed by atoms with van der Waals surface area (Å²) in [6.45, 7) is 1.17. The number of hydrogen-bond donors (Lipinski definition) is 4. The zero-order valence-corrected chi connectivity index (χ0v) is 17.0. The summed E-state index contributed by atoms with van der Waals surface area (Å²) in [5, 5.41) is 33.7. The Balaban J connectivity index is 1.36. The molecule has 2 aromatic heterocycles. The van der Waals surface area contributed by atoms with Crippen LogP contribution < -0.4 is 10.7 Å². The van der Waals surface area contributed by atoms with Crippen molar-refractivity contribution in [1.82, 2.24) is 10.3 Å². The molecule has 158 valence electrons. The van der Waals surface area contributed by atoms with E-state index in [0.29, 0.717) is 29.6 Å². The molecule has 32 heavy (non-hydrogen) atoms. The molecular weight excluding hydrogens is 406 g/mol. The van der Waals surface area contributed by atoms with Gasteiger partial charge in [0.25, 0.3) is 0 Å². The van der Waals surface area contributed by atoms with Crippen LogP contribution in [0.1, 0.15) is 16.8 Å². The first-order valence-electron chi connectivity index (χ1n) is 10.2. The molecular formula is C25H19N3O4. The minimum Gasteiger partial charge on any atom is -0.508 e. The summed E-state index contributed by atoms with van der Waals surface area (Å²) >= 11 is 0. The summed E-state index contributed by atoms with van der Waals surface area (Å²) in [6.07, 6.45) is 0.760. The highest BCUT2D eigenvalue weighted by atomic mass is 16.3. The molecule has 0 radical (unpaired) electrons. The van der Waals surface area contributed by atoms with Gasteiger partial charge in [0.05, 0.1) is 17.0 Å². The fourth-order valence-electron chi connectivity index (χ4n) is 4.00. The number of rotatable bonds is 5. The molecule has 5 rings (SSSR count). The molecule has 0 unspecified atom stereocenters. The van der Waals surface area contributed by atoms with Crippen molar-refractivity contribution in [2.24, 2.45) is 0 Å². The number of phenolic OH excluding ortho intramolecular Hbond substituents is 2. The Morgan fingerprint density at radius 1 is 1.09 bits per heavy atom. The highest BCUT2D eigenvalue weighted by Gasteiger charge is 2.15. The van der Waals surface area contributed by atoms with E-state index in [1.54, 1.807) is 18.2 Å². The van der Waals surface area contributed by atoms with Gasteiger partial charge in [-0.25, -0.2) is 0 Å². The molecule has 0 atom stereocenters. The minimum absolute atomic E-state index is 0.0544. The number of nitrogens with zero attached hydrogens (tertiary/aromatic N) is 1. The Hall–Kier alpha value is -4.28. The Kier molecular flexibility index (Phi) is 4.77. The lowest BCUT2D eigenvalue weighted by Crippen LogP contribution is -2.17. The van der Waals surface area contributed by atoms with E-state index in [0.717, 1.165) is 34.6 Å². The number of H-pyrrole nitrogens is 1. The van der Waals surface area contributed by atoms with Crippen LogP contribution in [-0.2, 0) is 13.0 Å². The van der Waals surface area contributed by atoms with Gasteiger partial charge in [0, 0.05) is 42.0 Å². The average molecular weight is 425 g/mol.